The van der Waals surface area contributed by atoms with Gasteiger partial charge in [0.15, 0.2) is 0 Å². The highest BCUT2D eigenvalue weighted by Gasteiger charge is 2.08. The van der Waals surface area contributed by atoms with Crippen LogP contribution in [0.4, 0.5) is 0 Å². The van der Waals surface area contributed by atoms with Gasteiger partial charge in [-0.1, -0.05) is 17.7 Å². The van der Waals surface area contributed by atoms with Crippen LogP contribution in [0.5, 0.6) is 11.6 Å². The third kappa shape index (κ3) is 3.66. The van der Waals surface area contributed by atoms with Gasteiger partial charge in [-0.3, -0.25) is 0 Å². The molecule has 2 rings (SSSR count). The Morgan fingerprint density at radius 1 is 1.32 bits per heavy atom. The van der Waals surface area contributed by atoms with Gasteiger partial charge in [-0.15, -0.1) is 0 Å². The second kappa shape index (κ2) is 6.15. The molecule has 2 aromatic rings. The highest BCUT2D eigenvalue weighted by molar-refractivity contribution is 6.29. The first kappa shape index (κ1) is 13.3. The molecule has 0 atom stereocenters. The summed E-state index contributed by atoms with van der Waals surface area (Å²) >= 11 is 5.73. The summed E-state index contributed by atoms with van der Waals surface area (Å²) in [7, 11) is 0. The molecule has 0 bridgehead atoms. The molecule has 0 aliphatic heterocycles. The van der Waals surface area contributed by atoms with E-state index in [1.165, 1.54) is 12.4 Å². The zero-order chi connectivity index (χ0) is 13.7. The number of nitrogens with zero attached hydrogens (tertiary/aromatic N) is 2. The third-order valence-corrected chi connectivity index (χ3v) is 2.38. The van der Waals surface area contributed by atoms with E-state index < -0.39 is 5.97 Å². The first-order chi connectivity index (χ1) is 9.19. The van der Waals surface area contributed by atoms with E-state index in [1.54, 1.807) is 31.2 Å². The number of halogens is 1. The van der Waals surface area contributed by atoms with Crippen LogP contribution in [0.15, 0.2) is 36.7 Å². The standard InChI is InChI=1S/C13H11ClN2O3/c1-2-18-13(17)9-4-3-5-10(6-9)19-12-7-11(14)15-8-16-12/h3-8H,2H2,1H3. The number of esters is 1. The van der Waals surface area contributed by atoms with Crippen molar-refractivity contribution in [3.05, 3.63) is 47.4 Å². The second-order valence-corrected chi connectivity index (χ2v) is 3.92. The molecule has 19 heavy (non-hydrogen) atoms. The quantitative estimate of drug-likeness (QED) is 0.635. The van der Waals surface area contributed by atoms with E-state index in [1.807, 2.05) is 0 Å². The van der Waals surface area contributed by atoms with Crippen LogP contribution in [0, 0.1) is 0 Å². The van der Waals surface area contributed by atoms with Crippen LogP contribution < -0.4 is 4.74 Å². The maximum absolute atomic E-state index is 11.6. The molecule has 5 nitrogen and oxygen atoms in total. The normalized spacial score (nSPS) is 10.0. The highest BCUT2D eigenvalue weighted by Crippen LogP contribution is 2.21. The molecule has 0 saturated carbocycles. The molecule has 0 fully saturated rings. The van der Waals surface area contributed by atoms with Gasteiger partial charge in [0.2, 0.25) is 5.88 Å². The molecule has 0 radical (unpaired) electrons. The number of carbonyl (C=O) groups excluding carboxylic acids is 1. The van der Waals surface area contributed by atoms with Crippen molar-refractivity contribution >= 4 is 17.6 Å². The lowest BCUT2D eigenvalue weighted by molar-refractivity contribution is 0.0526. The minimum Gasteiger partial charge on any atom is -0.462 e. The van der Waals surface area contributed by atoms with Crippen molar-refractivity contribution in [2.45, 2.75) is 6.92 Å². The fraction of sp³-hybridized carbons (Fsp3) is 0.154. The Morgan fingerprint density at radius 3 is 2.89 bits per heavy atom. The first-order valence-electron chi connectivity index (χ1n) is 5.61. The molecule has 0 amide bonds. The van der Waals surface area contributed by atoms with Crippen LogP contribution in [0.25, 0.3) is 0 Å². The van der Waals surface area contributed by atoms with Gasteiger partial charge in [-0.25, -0.2) is 14.8 Å². The van der Waals surface area contributed by atoms with Crippen LogP contribution in [0.1, 0.15) is 17.3 Å². The van der Waals surface area contributed by atoms with Crippen LogP contribution >= 0.6 is 11.6 Å². The summed E-state index contributed by atoms with van der Waals surface area (Å²) in [5.41, 5.74) is 0.416. The maximum atomic E-state index is 11.6. The molecule has 0 saturated heterocycles. The number of hydrogen-bond acceptors (Lipinski definition) is 5. The molecule has 0 N–H and O–H groups in total. The average molecular weight is 279 g/mol. The van der Waals surface area contributed by atoms with Crippen LogP contribution in [0.2, 0.25) is 5.15 Å². The van der Waals surface area contributed by atoms with Crippen molar-refractivity contribution in [2.24, 2.45) is 0 Å². The lowest BCUT2D eigenvalue weighted by Crippen LogP contribution is -2.04. The summed E-state index contributed by atoms with van der Waals surface area (Å²) in [5.74, 6) is 0.384. The summed E-state index contributed by atoms with van der Waals surface area (Å²) in [5, 5.41) is 0.284. The smallest absolute Gasteiger partial charge is 0.338 e. The predicted octanol–water partition coefficient (Wildman–Crippen LogP) is 3.10. The Labute approximate surface area is 115 Å². The molecule has 0 unspecified atom stereocenters. The fourth-order valence-electron chi connectivity index (χ4n) is 1.39. The van der Waals surface area contributed by atoms with E-state index in [2.05, 4.69) is 9.97 Å². The van der Waals surface area contributed by atoms with E-state index in [9.17, 15) is 4.79 Å². The second-order valence-electron chi connectivity index (χ2n) is 3.53. The minimum atomic E-state index is -0.395. The Morgan fingerprint density at radius 2 is 2.16 bits per heavy atom. The summed E-state index contributed by atoms with van der Waals surface area (Å²) in [6.45, 7) is 2.08. The van der Waals surface area contributed by atoms with Crippen molar-refractivity contribution in [3.63, 3.8) is 0 Å². The van der Waals surface area contributed by atoms with E-state index in [0.717, 1.165) is 0 Å². The number of ether oxygens (including phenoxy) is 2. The number of rotatable bonds is 4. The maximum Gasteiger partial charge on any atom is 0.338 e. The van der Waals surface area contributed by atoms with Crippen LogP contribution in [-0.4, -0.2) is 22.5 Å². The van der Waals surface area contributed by atoms with Gasteiger partial charge in [-0.2, -0.15) is 0 Å². The number of hydrogen-bond donors (Lipinski definition) is 0. The van der Waals surface area contributed by atoms with Crippen molar-refractivity contribution in [1.82, 2.24) is 9.97 Å². The molecule has 0 spiro atoms. The topological polar surface area (TPSA) is 61.3 Å². The first-order valence-corrected chi connectivity index (χ1v) is 5.99. The number of carbonyl (C=O) groups is 1. The molecule has 1 aromatic heterocycles. The largest absolute Gasteiger partial charge is 0.462 e. The monoisotopic (exact) mass is 278 g/mol. The zero-order valence-corrected chi connectivity index (χ0v) is 10.9. The zero-order valence-electron chi connectivity index (χ0n) is 10.2. The Kier molecular flexibility index (Phi) is 4.30. The van der Waals surface area contributed by atoms with Crippen LogP contribution in [0.3, 0.4) is 0 Å². The van der Waals surface area contributed by atoms with Crippen molar-refractivity contribution in [1.29, 1.82) is 0 Å². The number of benzene rings is 1. The summed E-state index contributed by atoms with van der Waals surface area (Å²) < 4.78 is 10.4. The summed E-state index contributed by atoms with van der Waals surface area (Å²) in [4.78, 5) is 19.2. The molecule has 98 valence electrons. The van der Waals surface area contributed by atoms with Crippen molar-refractivity contribution in [2.75, 3.05) is 6.61 Å². The number of aromatic nitrogens is 2. The summed E-state index contributed by atoms with van der Waals surface area (Å²) in [6, 6.07) is 8.12. The van der Waals surface area contributed by atoms with Gasteiger partial charge in [0.1, 0.15) is 17.2 Å². The lowest BCUT2D eigenvalue weighted by Gasteiger charge is -2.06. The van der Waals surface area contributed by atoms with Gasteiger partial charge in [0, 0.05) is 6.07 Å². The fourth-order valence-corrected chi connectivity index (χ4v) is 1.53. The Bertz CT molecular complexity index is 590. The van der Waals surface area contributed by atoms with Gasteiger partial charge in [-0.05, 0) is 25.1 Å². The molecule has 0 aliphatic carbocycles. The lowest BCUT2D eigenvalue weighted by atomic mass is 10.2. The SMILES string of the molecule is CCOC(=O)c1cccc(Oc2cc(Cl)ncn2)c1. The molecule has 6 heteroatoms. The Balaban J connectivity index is 2.17. The van der Waals surface area contributed by atoms with Gasteiger partial charge in [0.25, 0.3) is 0 Å². The Hall–Kier alpha value is -2.14. The molecular formula is C13H11ClN2O3. The third-order valence-electron chi connectivity index (χ3n) is 2.18. The van der Waals surface area contributed by atoms with E-state index in [-0.39, 0.29) is 5.15 Å². The molecular weight excluding hydrogens is 268 g/mol. The van der Waals surface area contributed by atoms with E-state index in [0.29, 0.717) is 23.8 Å². The van der Waals surface area contributed by atoms with Crippen molar-refractivity contribution in [3.8, 4) is 11.6 Å². The van der Waals surface area contributed by atoms with E-state index in [4.69, 9.17) is 21.1 Å². The van der Waals surface area contributed by atoms with Crippen molar-refractivity contribution < 1.29 is 14.3 Å². The minimum absolute atomic E-state index is 0.284. The van der Waals surface area contributed by atoms with Gasteiger partial charge >= 0.3 is 5.97 Å². The summed E-state index contributed by atoms with van der Waals surface area (Å²) in [6.07, 6.45) is 1.30. The predicted molar refractivity (Wildman–Crippen MR) is 69.5 cm³/mol. The van der Waals surface area contributed by atoms with Gasteiger partial charge in [0.05, 0.1) is 12.2 Å². The average Bonchev–Trinajstić information content (AvgIpc) is 2.39. The van der Waals surface area contributed by atoms with Crippen LogP contribution in [-0.2, 0) is 4.74 Å². The van der Waals surface area contributed by atoms with E-state index >= 15 is 0 Å². The molecule has 1 aromatic carbocycles. The molecule has 0 aliphatic rings. The highest BCUT2D eigenvalue weighted by atomic mass is 35.5. The molecule has 1 heterocycles. The van der Waals surface area contributed by atoms with Gasteiger partial charge < -0.3 is 9.47 Å².